The third kappa shape index (κ3) is 3.16. The molecule has 0 aromatic carbocycles. The number of amides is 1. The van der Waals surface area contributed by atoms with Crippen LogP contribution in [0.15, 0.2) is 4.52 Å². The molecule has 0 unspecified atom stereocenters. The molecule has 3 rings (SSSR count). The first-order valence-corrected chi connectivity index (χ1v) is 7.75. The van der Waals surface area contributed by atoms with Crippen molar-refractivity contribution >= 4 is 11.8 Å². The SMILES string of the molecule is Cc1c(C2CCOCC2)noc1NC(=O)[C@H]1OCCO[C@H]1C. The Balaban J connectivity index is 1.67. The van der Waals surface area contributed by atoms with Crippen molar-refractivity contribution in [2.75, 3.05) is 31.7 Å². The van der Waals surface area contributed by atoms with Crippen LogP contribution >= 0.6 is 0 Å². The fourth-order valence-corrected chi connectivity index (χ4v) is 2.92. The molecule has 1 aromatic heterocycles. The van der Waals surface area contributed by atoms with E-state index in [1.165, 1.54) is 0 Å². The molecule has 7 heteroatoms. The van der Waals surface area contributed by atoms with Crippen molar-refractivity contribution in [1.29, 1.82) is 0 Å². The van der Waals surface area contributed by atoms with Crippen LogP contribution in [0.5, 0.6) is 0 Å². The van der Waals surface area contributed by atoms with E-state index in [4.69, 9.17) is 18.7 Å². The number of carbonyl (C=O) groups excluding carboxylic acids is 1. The molecule has 3 heterocycles. The predicted octanol–water partition coefficient (Wildman–Crippen LogP) is 1.62. The van der Waals surface area contributed by atoms with Crippen molar-refractivity contribution in [3.63, 3.8) is 0 Å². The summed E-state index contributed by atoms with van der Waals surface area (Å²) in [5.41, 5.74) is 1.79. The molecule has 0 radical (unpaired) electrons. The fourth-order valence-electron chi connectivity index (χ4n) is 2.92. The minimum Gasteiger partial charge on any atom is -0.381 e. The molecule has 0 spiro atoms. The summed E-state index contributed by atoms with van der Waals surface area (Å²) in [5.74, 6) is 0.467. The van der Waals surface area contributed by atoms with Gasteiger partial charge in [-0.2, -0.15) is 0 Å². The average molecular weight is 310 g/mol. The Kier molecular flexibility index (Phi) is 4.75. The van der Waals surface area contributed by atoms with Crippen molar-refractivity contribution < 1.29 is 23.5 Å². The number of nitrogens with zero attached hydrogens (tertiary/aromatic N) is 1. The zero-order valence-electron chi connectivity index (χ0n) is 13.0. The number of ether oxygens (including phenoxy) is 3. The maximum absolute atomic E-state index is 12.3. The van der Waals surface area contributed by atoms with Gasteiger partial charge in [0.05, 0.1) is 25.0 Å². The zero-order chi connectivity index (χ0) is 15.5. The van der Waals surface area contributed by atoms with Crippen LogP contribution in [0.3, 0.4) is 0 Å². The summed E-state index contributed by atoms with van der Waals surface area (Å²) >= 11 is 0. The summed E-state index contributed by atoms with van der Waals surface area (Å²) < 4.78 is 21.6. The third-order valence-corrected chi connectivity index (χ3v) is 4.25. The van der Waals surface area contributed by atoms with Crippen LogP contribution in [-0.2, 0) is 19.0 Å². The molecule has 2 aliphatic heterocycles. The van der Waals surface area contributed by atoms with Gasteiger partial charge in [-0.05, 0) is 26.7 Å². The standard InChI is InChI=1S/C15H22N2O5/c1-9-12(11-3-5-19-6-4-11)17-22-15(9)16-14(18)13-10(2)20-7-8-21-13/h10-11,13H,3-8H2,1-2H3,(H,16,18)/t10-,13-/m0/s1. The molecular weight excluding hydrogens is 288 g/mol. The van der Waals surface area contributed by atoms with Gasteiger partial charge in [-0.25, -0.2) is 0 Å². The molecule has 2 atom stereocenters. The van der Waals surface area contributed by atoms with Crippen LogP contribution in [0.25, 0.3) is 0 Å². The quantitative estimate of drug-likeness (QED) is 0.913. The first kappa shape index (κ1) is 15.5. The Morgan fingerprint density at radius 3 is 2.64 bits per heavy atom. The highest BCUT2D eigenvalue weighted by Gasteiger charge is 2.31. The maximum atomic E-state index is 12.3. The molecule has 2 fully saturated rings. The maximum Gasteiger partial charge on any atom is 0.258 e. The van der Waals surface area contributed by atoms with E-state index in [2.05, 4.69) is 10.5 Å². The van der Waals surface area contributed by atoms with Crippen molar-refractivity contribution in [2.24, 2.45) is 0 Å². The summed E-state index contributed by atoms with van der Waals surface area (Å²) in [6.07, 6.45) is 0.964. The molecule has 7 nitrogen and oxygen atoms in total. The van der Waals surface area contributed by atoms with E-state index in [0.717, 1.165) is 37.3 Å². The summed E-state index contributed by atoms with van der Waals surface area (Å²) in [7, 11) is 0. The third-order valence-electron chi connectivity index (χ3n) is 4.25. The Hall–Kier alpha value is -1.44. The lowest BCUT2D eigenvalue weighted by molar-refractivity contribution is -0.157. The van der Waals surface area contributed by atoms with Gasteiger partial charge in [0.1, 0.15) is 0 Å². The van der Waals surface area contributed by atoms with Crippen LogP contribution in [-0.4, -0.2) is 49.7 Å². The summed E-state index contributed by atoms with van der Waals surface area (Å²) in [6, 6.07) is 0. The molecule has 0 aliphatic carbocycles. The van der Waals surface area contributed by atoms with E-state index >= 15 is 0 Å². The molecule has 1 N–H and O–H groups in total. The Morgan fingerprint density at radius 1 is 1.18 bits per heavy atom. The number of anilines is 1. The van der Waals surface area contributed by atoms with Gasteiger partial charge in [0, 0.05) is 24.7 Å². The molecule has 1 aromatic rings. The second-order valence-corrected chi connectivity index (χ2v) is 5.77. The van der Waals surface area contributed by atoms with Gasteiger partial charge in [-0.3, -0.25) is 10.1 Å². The van der Waals surface area contributed by atoms with E-state index < -0.39 is 6.10 Å². The number of rotatable bonds is 3. The minimum atomic E-state index is -0.621. The fraction of sp³-hybridized carbons (Fsp3) is 0.733. The van der Waals surface area contributed by atoms with Gasteiger partial charge in [-0.15, -0.1) is 0 Å². The highest BCUT2D eigenvalue weighted by atomic mass is 16.6. The first-order valence-electron chi connectivity index (χ1n) is 7.75. The van der Waals surface area contributed by atoms with E-state index in [0.29, 0.717) is 25.0 Å². The lowest BCUT2D eigenvalue weighted by Gasteiger charge is -2.27. The second-order valence-electron chi connectivity index (χ2n) is 5.77. The lowest BCUT2D eigenvalue weighted by Crippen LogP contribution is -2.44. The lowest BCUT2D eigenvalue weighted by atomic mass is 9.94. The molecular formula is C15H22N2O5. The Labute approximate surface area is 129 Å². The van der Waals surface area contributed by atoms with Crippen LogP contribution in [0.4, 0.5) is 5.88 Å². The largest absolute Gasteiger partial charge is 0.381 e. The number of nitrogens with one attached hydrogen (secondary N) is 1. The van der Waals surface area contributed by atoms with Crippen LogP contribution < -0.4 is 5.32 Å². The normalized spacial score (nSPS) is 26.8. The predicted molar refractivity (Wildman–Crippen MR) is 77.8 cm³/mol. The Morgan fingerprint density at radius 2 is 1.91 bits per heavy atom. The van der Waals surface area contributed by atoms with Crippen molar-refractivity contribution in [3.8, 4) is 0 Å². The van der Waals surface area contributed by atoms with Crippen LogP contribution in [0.2, 0.25) is 0 Å². The van der Waals surface area contributed by atoms with Gasteiger partial charge >= 0.3 is 0 Å². The second kappa shape index (κ2) is 6.76. The molecule has 2 saturated heterocycles. The summed E-state index contributed by atoms with van der Waals surface area (Å²) in [6.45, 7) is 6.15. The monoisotopic (exact) mass is 310 g/mol. The van der Waals surface area contributed by atoms with E-state index in [9.17, 15) is 4.79 Å². The topological polar surface area (TPSA) is 82.8 Å². The van der Waals surface area contributed by atoms with Gasteiger partial charge in [0.2, 0.25) is 5.88 Å². The van der Waals surface area contributed by atoms with Crippen LogP contribution in [0, 0.1) is 6.92 Å². The number of aromatic nitrogens is 1. The molecule has 2 aliphatic rings. The van der Waals surface area contributed by atoms with Crippen molar-refractivity contribution in [2.45, 2.75) is 44.8 Å². The average Bonchev–Trinajstić information content (AvgIpc) is 2.89. The number of hydrogen-bond donors (Lipinski definition) is 1. The van der Waals surface area contributed by atoms with Crippen molar-refractivity contribution in [3.05, 3.63) is 11.3 Å². The van der Waals surface area contributed by atoms with Crippen molar-refractivity contribution in [1.82, 2.24) is 5.16 Å². The highest BCUT2D eigenvalue weighted by Crippen LogP contribution is 2.31. The summed E-state index contributed by atoms with van der Waals surface area (Å²) in [4.78, 5) is 12.3. The van der Waals surface area contributed by atoms with Gasteiger partial charge in [0.15, 0.2) is 6.10 Å². The molecule has 1 amide bonds. The smallest absolute Gasteiger partial charge is 0.258 e. The van der Waals surface area contributed by atoms with E-state index in [1.54, 1.807) is 0 Å². The van der Waals surface area contributed by atoms with Gasteiger partial charge < -0.3 is 18.7 Å². The Bertz CT molecular complexity index is 524. The number of carbonyl (C=O) groups is 1. The summed E-state index contributed by atoms with van der Waals surface area (Å²) in [5, 5.41) is 6.90. The van der Waals surface area contributed by atoms with Crippen LogP contribution in [0.1, 0.15) is 36.9 Å². The highest BCUT2D eigenvalue weighted by molar-refractivity contribution is 5.94. The number of hydrogen-bond acceptors (Lipinski definition) is 6. The van der Waals surface area contributed by atoms with E-state index in [1.807, 2.05) is 13.8 Å². The molecule has 0 saturated carbocycles. The first-order chi connectivity index (χ1) is 10.7. The van der Waals surface area contributed by atoms with Gasteiger partial charge in [0.25, 0.3) is 5.91 Å². The molecule has 122 valence electrons. The van der Waals surface area contributed by atoms with E-state index in [-0.39, 0.29) is 12.0 Å². The zero-order valence-corrected chi connectivity index (χ0v) is 13.0. The molecule has 22 heavy (non-hydrogen) atoms. The minimum absolute atomic E-state index is 0.259. The van der Waals surface area contributed by atoms with Gasteiger partial charge in [-0.1, -0.05) is 5.16 Å². The molecule has 0 bridgehead atoms.